The van der Waals surface area contributed by atoms with E-state index in [0.29, 0.717) is 31.5 Å². The van der Waals surface area contributed by atoms with Crippen LogP contribution in [0.3, 0.4) is 0 Å². The number of aromatic nitrogens is 3. The first kappa shape index (κ1) is 16.8. The van der Waals surface area contributed by atoms with Crippen LogP contribution in [0, 0.1) is 0 Å². The molecule has 0 radical (unpaired) electrons. The molecule has 1 aromatic carbocycles. The molecule has 0 spiro atoms. The van der Waals surface area contributed by atoms with Gasteiger partial charge in [0.15, 0.2) is 5.75 Å². The van der Waals surface area contributed by atoms with Crippen molar-refractivity contribution in [1.29, 1.82) is 0 Å². The van der Waals surface area contributed by atoms with Crippen LogP contribution in [0.5, 0.6) is 11.5 Å². The molecule has 10 heteroatoms. The average molecular weight is 398 g/mol. The Morgan fingerprint density at radius 3 is 2.58 bits per heavy atom. The van der Waals surface area contributed by atoms with E-state index in [-0.39, 0.29) is 5.82 Å². The molecule has 0 atom stereocenters. The number of nitrogens with zero attached hydrogens (tertiary/aromatic N) is 3. The lowest BCUT2D eigenvalue weighted by atomic mass is 10.3. The van der Waals surface area contributed by atoms with Gasteiger partial charge in [0.2, 0.25) is 5.82 Å². The molecule has 0 saturated carbocycles. The van der Waals surface area contributed by atoms with E-state index in [1.54, 1.807) is 36.5 Å². The van der Waals surface area contributed by atoms with Crippen molar-refractivity contribution in [1.82, 2.24) is 15.1 Å². The molecule has 5 nitrogen and oxygen atoms in total. The zero-order valence-corrected chi connectivity index (χ0v) is 14.2. The second-order valence-electron chi connectivity index (χ2n) is 5.14. The molecule has 3 aromatic heterocycles. The largest absolute Gasteiger partial charge is 0.471 e. The molecule has 0 amide bonds. The second-order valence-corrected chi connectivity index (χ2v) is 6.66. The van der Waals surface area contributed by atoms with Gasteiger partial charge >= 0.3 is 12.1 Å². The number of benzene rings is 1. The molecule has 0 saturated heterocycles. The standard InChI is InChI=1S/C16H7ClF3N3O2S/c17-8-1-3-9(4-2-8)24-11-6-21-7-13-10(11)5-12(26-13)14-22-15(25-23-14)16(18,19)20/h1-7H. The fraction of sp³-hybridized carbons (Fsp3) is 0.0625. The lowest BCUT2D eigenvalue weighted by molar-refractivity contribution is -0.159. The maximum atomic E-state index is 12.6. The van der Waals surface area contributed by atoms with Crippen molar-refractivity contribution in [3.63, 3.8) is 0 Å². The summed E-state index contributed by atoms with van der Waals surface area (Å²) >= 11 is 7.03. The predicted octanol–water partition coefficient (Wildman–Crippen LogP) is 5.81. The highest BCUT2D eigenvalue weighted by atomic mass is 35.5. The Morgan fingerprint density at radius 1 is 1.12 bits per heavy atom. The summed E-state index contributed by atoms with van der Waals surface area (Å²) in [7, 11) is 0. The normalized spacial score (nSPS) is 11.8. The average Bonchev–Trinajstić information content (AvgIpc) is 3.23. The van der Waals surface area contributed by atoms with Crippen LogP contribution in [0.2, 0.25) is 5.02 Å². The zero-order valence-electron chi connectivity index (χ0n) is 12.6. The lowest BCUT2D eigenvalue weighted by Gasteiger charge is -2.06. The number of alkyl halides is 3. The van der Waals surface area contributed by atoms with Crippen LogP contribution < -0.4 is 4.74 Å². The van der Waals surface area contributed by atoms with Gasteiger partial charge < -0.3 is 9.26 Å². The van der Waals surface area contributed by atoms with Crippen molar-refractivity contribution in [2.75, 3.05) is 0 Å². The summed E-state index contributed by atoms with van der Waals surface area (Å²) in [5, 5.41) is 4.65. The van der Waals surface area contributed by atoms with Gasteiger partial charge in [0.1, 0.15) is 5.75 Å². The highest BCUT2D eigenvalue weighted by Crippen LogP contribution is 2.39. The van der Waals surface area contributed by atoms with Gasteiger partial charge in [-0.3, -0.25) is 4.98 Å². The molecule has 0 aliphatic carbocycles. The summed E-state index contributed by atoms with van der Waals surface area (Å²) < 4.78 is 48.7. The van der Waals surface area contributed by atoms with E-state index in [1.807, 2.05) is 0 Å². The molecule has 4 aromatic rings. The van der Waals surface area contributed by atoms with Crippen molar-refractivity contribution in [3.8, 4) is 22.2 Å². The van der Waals surface area contributed by atoms with Crippen molar-refractivity contribution in [2.24, 2.45) is 0 Å². The van der Waals surface area contributed by atoms with E-state index >= 15 is 0 Å². The van der Waals surface area contributed by atoms with Crippen LogP contribution in [0.15, 0.2) is 47.2 Å². The molecule has 0 N–H and O–H groups in total. The first-order valence-corrected chi connectivity index (χ1v) is 8.32. The van der Waals surface area contributed by atoms with Crippen molar-refractivity contribution in [2.45, 2.75) is 6.18 Å². The molecule has 132 valence electrons. The van der Waals surface area contributed by atoms with Crippen molar-refractivity contribution < 1.29 is 22.4 Å². The Morgan fingerprint density at radius 2 is 1.88 bits per heavy atom. The predicted molar refractivity (Wildman–Crippen MR) is 89.4 cm³/mol. The van der Waals surface area contributed by atoms with Crippen LogP contribution in [0.25, 0.3) is 20.8 Å². The quantitative estimate of drug-likeness (QED) is 0.436. The molecule has 0 aliphatic rings. The number of pyridine rings is 1. The van der Waals surface area contributed by atoms with E-state index in [2.05, 4.69) is 19.6 Å². The van der Waals surface area contributed by atoms with Gasteiger partial charge in [0.25, 0.3) is 0 Å². The molecule has 4 rings (SSSR count). The van der Waals surface area contributed by atoms with Gasteiger partial charge in [0.05, 0.1) is 15.8 Å². The molecule has 0 fully saturated rings. The van der Waals surface area contributed by atoms with Crippen LogP contribution >= 0.6 is 22.9 Å². The van der Waals surface area contributed by atoms with Gasteiger partial charge in [-0.25, -0.2) is 0 Å². The Labute approximate surface area is 153 Å². The van der Waals surface area contributed by atoms with Crippen LogP contribution in [0.4, 0.5) is 13.2 Å². The third-order valence-electron chi connectivity index (χ3n) is 3.34. The molecule has 26 heavy (non-hydrogen) atoms. The van der Waals surface area contributed by atoms with E-state index in [9.17, 15) is 13.2 Å². The van der Waals surface area contributed by atoms with Crippen molar-refractivity contribution in [3.05, 3.63) is 53.6 Å². The van der Waals surface area contributed by atoms with Crippen LogP contribution in [0.1, 0.15) is 5.89 Å². The van der Waals surface area contributed by atoms with Crippen molar-refractivity contribution >= 4 is 33.0 Å². The van der Waals surface area contributed by atoms with Crippen LogP contribution in [-0.2, 0) is 6.18 Å². The highest BCUT2D eigenvalue weighted by molar-refractivity contribution is 7.22. The fourth-order valence-electron chi connectivity index (χ4n) is 2.20. The number of halogens is 4. The monoisotopic (exact) mass is 397 g/mol. The summed E-state index contributed by atoms with van der Waals surface area (Å²) in [6, 6.07) is 8.40. The molecular formula is C16H7ClF3N3O2S. The summed E-state index contributed by atoms with van der Waals surface area (Å²) in [5.41, 5.74) is 0. The lowest BCUT2D eigenvalue weighted by Crippen LogP contribution is -2.04. The maximum Gasteiger partial charge on any atom is 0.471 e. The van der Waals surface area contributed by atoms with E-state index in [0.717, 1.165) is 0 Å². The Hall–Kier alpha value is -2.65. The maximum absolute atomic E-state index is 12.6. The summed E-state index contributed by atoms with van der Waals surface area (Å²) in [6.07, 6.45) is -1.58. The third kappa shape index (κ3) is 3.23. The Balaban J connectivity index is 1.71. The van der Waals surface area contributed by atoms with Gasteiger partial charge in [-0.05, 0) is 30.3 Å². The molecule has 0 bridgehead atoms. The number of fused-ring (bicyclic) bond motifs is 1. The Bertz CT molecular complexity index is 1080. The number of thiophene rings is 1. The molecule has 0 unspecified atom stereocenters. The minimum atomic E-state index is -4.69. The molecular weight excluding hydrogens is 391 g/mol. The number of hydrogen-bond acceptors (Lipinski definition) is 6. The summed E-state index contributed by atoms with van der Waals surface area (Å²) in [5.74, 6) is -0.529. The van der Waals surface area contributed by atoms with Crippen LogP contribution in [-0.4, -0.2) is 15.1 Å². The summed E-state index contributed by atoms with van der Waals surface area (Å²) in [6.45, 7) is 0. The third-order valence-corrected chi connectivity index (χ3v) is 4.66. The first-order chi connectivity index (χ1) is 12.4. The van der Waals surface area contributed by atoms with E-state index in [4.69, 9.17) is 16.3 Å². The fourth-order valence-corrected chi connectivity index (χ4v) is 3.29. The first-order valence-electron chi connectivity index (χ1n) is 7.12. The number of ether oxygens (including phenoxy) is 1. The van der Waals surface area contributed by atoms with Gasteiger partial charge in [-0.2, -0.15) is 18.2 Å². The topological polar surface area (TPSA) is 61.0 Å². The number of rotatable bonds is 3. The minimum absolute atomic E-state index is 0.143. The highest BCUT2D eigenvalue weighted by Gasteiger charge is 2.38. The van der Waals surface area contributed by atoms with E-state index < -0.39 is 12.1 Å². The smallest absolute Gasteiger partial charge is 0.455 e. The minimum Gasteiger partial charge on any atom is -0.455 e. The molecule has 0 aliphatic heterocycles. The van der Waals surface area contributed by atoms with Gasteiger partial charge in [-0.15, -0.1) is 11.3 Å². The molecule has 3 heterocycles. The summed E-state index contributed by atoms with van der Waals surface area (Å²) in [4.78, 5) is 7.91. The SMILES string of the molecule is FC(F)(F)c1nc(-c2cc3c(Oc4ccc(Cl)cc4)cncc3s2)no1. The Kier molecular flexibility index (Phi) is 4.04. The van der Waals surface area contributed by atoms with E-state index in [1.165, 1.54) is 17.5 Å². The zero-order chi connectivity index (χ0) is 18.3. The van der Waals surface area contributed by atoms with Gasteiger partial charge in [-0.1, -0.05) is 16.8 Å². The van der Waals surface area contributed by atoms with Gasteiger partial charge in [0, 0.05) is 16.6 Å². The number of hydrogen-bond donors (Lipinski definition) is 0. The second kappa shape index (κ2) is 6.26.